The second-order valence-corrected chi connectivity index (χ2v) is 4.69. The minimum atomic E-state index is -0.422. The van der Waals surface area contributed by atoms with Gasteiger partial charge in [0.05, 0.1) is 11.5 Å². The Kier molecular flexibility index (Phi) is 5.22. The van der Waals surface area contributed by atoms with Crippen molar-refractivity contribution in [2.75, 3.05) is 19.6 Å². The van der Waals surface area contributed by atoms with Crippen molar-refractivity contribution in [2.45, 2.75) is 45.6 Å². The first-order valence-electron chi connectivity index (χ1n) is 6.31. The number of hydrogen-bond acceptors (Lipinski definition) is 3. The van der Waals surface area contributed by atoms with E-state index in [0.29, 0.717) is 13.0 Å². The van der Waals surface area contributed by atoms with Crippen LogP contribution in [0.5, 0.6) is 0 Å². The van der Waals surface area contributed by atoms with E-state index < -0.39 is 6.10 Å². The van der Waals surface area contributed by atoms with Crippen LogP contribution in [0.25, 0.3) is 0 Å². The van der Waals surface area contributed by atoms with Crippen LogP contribution in [-0.2, 0) is 4.79 Å². The highest BCUT2D eigenvalue weighted by Crippen LogP contribution is 2.30. The molecule has 0 aromatic rings. The zero-order valence-corrected chi connectivity index (χ0v) is 10.4. The maximum atomic E-state index is 12.1. The van der Waals surface area contributed by atoms with Crippen molar-refractivity contribution in [3.63, 3.8) is 0 Å². The number of aliphatic hydroxyl groups excluding tert-OH is 1. The molecule has 1 aliphatic rings. The first-order valence-corrected chi connectivity index (χ1v) is 6.31. The van der Waals surface area contributed by atoms with Gasteiger partial charge in [-0.2, -0.15) is 0 Å². The van der Waals surface area contributed by atoms with Gasteiger partial charge in [0.25, 0.3) is 0 Å². The van der Waals surface area contributed by atoms with E-state index in [9.17, 15) is 9.90 Å². The van der Waals surface area contributed by atoms with Crippen molar-refractivity contribution in [1.29, 1.82) is 0 Å². The molecule has 0 radical (unpaired) electrons. The van der Waals surface area contributed by atoms with Gasteiger partial charge in [-0.15, -0.1) is 0 Å². The Bertz CT molecular complexity index is 225. The van der Waals surface area contributed by atoms with Crippen LogP contribution in [0.3, 0.4) is 0 Å². The number of rotatable bonds is 5. The maximum absolute atomic E-state index is 12.1. The molecule has 0 spiro atoms. The molecule has 4 heteroatoms. The molecule has 0 aliphatic carbocycles. The molecule has 0 aromatic carbocycles. The Labute approximate surface area is 97.8 Å². The van der Waals surface area contributed by atoms with E-state index in [1.807, 2.05) is 6.92 Å². The van der Waals surface area contributed by atoms with Crippen LogP contribution in [0.15, 0.2) is 0 Å². The molecule has 2 atom stereocenters. The van der Waals surface area contributed by atoms with Gasteiger partial charge >= 0.3 is 0 Å². The molecular weight excluding hydrogens is 204 g/mol. The van der Waals surface area contributed by atoms with E-state index in [2.05, 4.69) is 17.6 Å². The van der Waals surface area contributed by atoms with Crippen LogP contribution < -0.4 is 10.6 Å². The molecule has 94 valence electrons. The van der Waals surface area contributed by atoms with Crippen molar-refractivity contribution in [1.82, 2.24) is 10.6 Å². The Balaban J connectivity index is 2.48. The lowest BCUT2D eigenvalue weighted by Crippen LogP contribution is -2.51. The van der Waals surface area contributed by atoms with Gasteiger partial charge in [-0.1, -0.05) is 13.8 Å². The van der Waals surface area contributed by atoms with Gasteiger partial charge in [-0.05, 0) is 32.2 Å². The van der Waals surface area contributed by atoms with Crippen molar-refractivity contribution >= 4 is 5.91 Å². The fourth-order valence-corrected chi connectivity index (χ4v) is 2.17. The van der Waals surface area contributed by atoms with Crippen LogP contribution in [-0.4, -0.2) is 36.8 Å². The number of carbonyl (C=O) groups excluding carboxylic acids is 1. The fourth-order valence-electron chi connectivity index (χ4n) is 2.17. The second-order valence-electron chi connectivity index (χ2n) is 4.69. The SMILES string of the molecule is CCC(O)CNC(=O)C1(CC)CCCNC1. The summed E-state index contributed by atoms with van der Waals surface area (Å²) in [6, 6.07) is 0. The number of amides is 1. The van der Waals surface area contributed by atoms with Gasteiger partial charge in [0.2, 0.25) is 5.91 Å². The summed E-state index contributed by atoms with van der Waals surface area (Å²) in [4.78, 5) is 12.1. The molecule has 1 aliphatic heterocycles. The summed E-state index contributed by atoms with van der Waals surface area (Å²) in [7, 11) is 0. The summed E-state index contributed by atoms with van der Waals surface area (Å²) in [5.41, 5.74) is -0.258. The third kappa shape index (κ3) is 3.19. The van der Waals surface area contributed by atoms with E-state index in [1.54, 1.807) is 0 Å². The molecule has 0 aromatic heterocycles. The Morgan fingerprint density at radius 2 is 2.31 bits per heavy atom. The van der Waals surface area contributed by atoms with Crippen LogP contribution in [0, 0.1) is 5.41 Å². The first kappa shape index (κ1) is 13.5. The van der Waals surface area contributed by atoms with E-state index in [4.69, 9.17) is 0 Å². The molecule has 4 nitrogen and oxygen atoms in total. The Morgan fingerprint density at radius 3 is 2.81 bits per heavy atom. The predicted octanol–water partition coefficient (Wildman–Crippen LogP) is 0.653. The van der Waals surface area contributed by atoms with Crippen molar-refractivity contribution in [3.8, 4) is 0 Å². The molecular formula is C12H24N2O2. The number of carbonyl (C=O) groups is 1. The molecule has 3 N–H and O–H groups in total. The average Bonchev–Trinajstić information content (AvgIpc) is 2.36. The smallest absolute Gasteiger partial charge is 0.227 e. The summed E-state index contributed by atoms with van der Waals surface area (Å²) in [5.74, 6) is 0.0923. The molecule has 1 rings (SSSR count). The molecule has 2 unspecified atom stereocenters. The van der Waals surface area contributed by atoms with Gasteiger partial charge in [0.15, 0.2) is 0 Å². The quantitative estimate of drug-likeness (QED) is 0.647. The zero-order valence-electron chi connectivity index (χ0n) is 10.4. The number of piperidine rings is 1. The maximum Gasteiger partial charge on any atom is 0.227 e. The summed E-state index contributed by atoms with van der Waals surface area (Å²) in [5, 5.41) is 15.6. The highest BCUT2D eigenvalue weighted by Gasteiger charge is 2.37. The summed E-state index contributed by atoms with van der Waals surface area (Å²) in [6.07, 6.45) is 3.11. The van der Waals surface area contributed by atoms with Crippen LogP contribution in [0.2, 0.25) is 0 Å². The highest BCUT2D eigenvalue weighted by atomic mass is 16.3. The molecule has 1 heterocycles. The van der Waals surface area contributed by atoms with Crippen LogP contribution in [0.4, 0.5) is 0 Å². The van der Waals surface area contributed by atoms with Crippen molar-refractivity contribution in [2.24, 2.45) is 5.41 Å². The van der Waals surface area contributed by atoms with E-state index in [1.165, 1.54) is 0 Å². The Morgan fingerprint density at radius 1 is 1.56 bits per heavy atom. The normalized spacial score (nSPS) is 27.4. The zero-order chi connectivity index (χ0) is 12.0. The minimum Gasteiger partial charge on any atom is -0.391 e. The van der Waals surface area contributed by atoms with Gasteiger partial charge in [0.1, 0.15) is 0 Å². The highest BCUT2D eigenvalue weighted by molar-refractivity contribution is 5.83. The lowest BCUT2D eigenvalue weighted by atomic mass is 9.77. The van der Waals surface area contributed by atoms with Crippen molar-refractivity contribution < 1.29 is 9.90 Å². The topological polar surface area (TPSA) is 61.4 Å². The fraction of sp³-hybridized carbons (Fsp3) is 0.917. The van der Waals surface area contributed by atoms with Gasteiger partial charge in [0, 0.05) is 13.1 Å². The number of nitrogens with one attached hydrogen (secondary N) is 2. The third-order valence-corrected chi connectivity index (χ3v) is 3.60. The average molecular weight is 228 g/mol. The monoisotopic (exact) mass is 228 g/mol. The summed E-state index contributed by atoms with van der Waals surface area (Å²) in [6.45, 7) is 6.11. The first-order chi connectivity index (χ1) is 7.64. The standard InChI is InChI=1S/C12H24N2O2/c1-3-10(15)8-14-11(16)12(4-2)6-5-7-13-9-12/h10,13,15H,3-9H2,1-2H3,(H,14,16). The largest absolute Gasteiger partial charge is 0.391 e. The molecule has 0 saturated carbocycles. The summed E-state index contributed by atoms with van der Waals surface area (Å²) >= 11 is 0. The number of hydrogen-bond donors (Lipinski definition) is 3. The Hall–Kier alpha value is -0.610. The van der Waals surface area contributed by atoms with E-state index >= 15 is 0 Å². The minimum absolute atomic E-state index is 0.0923. The van der Waals surface area contributed by atoms with Crippen LogP contribution in [0.1, 0.15) is 39.5 Å². The molecule has 1 saturated heterocycles. The van der Waals surface area contributed by atoms with Gasteiger partial charge in [-0.3, -0.25) is 4.79 Å². The molecule has 16 heavy (non-hydrogen) atoms. The van der Waals surface area contributed by atoms with Crippen molar-refractivity contribution in [3.05, 3.63) is 0 Å². The van der Waals surface area contributed by atoms with Gasteiger partial charge < -0.3 is 15.7 Å². The lowest BCUT2D eigenvalue weighted by Gasteiger charge is -2.35. The molecule has 1 amide bonds. The summed E-state index contributed by atoms with van der Waals surface area (Å²) < 4.78 is 0. The lowest BCUT2D eigenvalue weighted by molar-refractivity contribution is -0.132. The van der Waals surface area contributed by atoms with E-state index in [-0.39, 0.29) is 11.3 Å². The van der Waals surface area contributed by atoms with Crippen LogP contribution >= 0.6 is 0 Å². The predicted molar refractivity (Wildman–Crippen MR) is 64.1 cm³/mol. The van der Waals surface area contributed by atoms with Gasteiger partial charge in [-0.25, -0.2) is 0 Å². The number of aliphatic hydroxyl groups is 1. The second kappa shape index (κ2) is 6.21. The molecule has 1 fully saturated rings. The molecule has 0 bridgehead atoms. The third-order valence-electron chi connectivity index (χ3n) is 3.60. The van der Waals surface area contributed by atoms with E-state index in [0.717, 1.165) is 32.4 Å².